The Morgan fingerprint density at radius 1 is 1.30 bits per heavy atom. The van der Waals surface area contributed by atoms with Crippen molar-refractivity contribution in [2.24, 2.45) is 5.92 Å². The quantitative estimate of drug-likeness (QED) is 0.767. The molecule has 2 N–H and O–H groups in total. The molecule has 0 saturated carbocycles. The SMILES string of the molecule is CCCc1cc(C(=O)NCCC(C)C)cc(NCC)n1. The van der Waals surface area contributed by atoms with E-state index in [9.17, 15) is 4.79 Å². The maximum absolute atomic E-state index is 12.2. The van der Waals surface area contributed by atoms with Gasteiger partial charge < -0.3 is 10.6 Å². The van der Waals surface area contributed by atoms with E-state index in [-0.39, 0.29) is 5.91 Å². The molecule has 0 unspecified atom stereocenters. The molecule has 0 radical (unpaired) electrons. The second-order valence-corrected chi connectivity index (χ2v) is 5.45. The van der Waals surface area contributed by atoms with Crippen molar-refractivity contribution in [2.45, 2.75) is 47.0 Å². The molecule has 0 saturated heterocycles. The van der Waals surface area contributed by atoms with Crippen LogP contribution in [0.15, 0.2) is 12.1 Å². The summed E-state index contributed by atoms with van der Waals surface area (Å²) in [5, 5.41) is 6.16. The predicted molar refractivity (Wildman–Crippen MR) is 84.2 cm³/mol. The van der Waals surface area contributed by atoms with Crippen LogP contribution in [-0.4, -0.2) is 24.0 Å². The highest BCUT2D eigenvalue weighted by Gasteiger charge is 2.09. The zero-order valence-corrected chi connectivity index (χ0v) is 13.1. The Kier molecular flexibility index (Phi) is 7.05. The van der Waals surface area contributed by atoms with Gasteiger partial charge in [-0.3, -0.25) is 4.79 Å². The van der Waals surface area contributed by atoms with Gasteiger partial charge in [0.1, 0.15) is 5.82 Å². The minimum absolute atomic E-state index is 0.00967. The number of amides is 1. The maximum Gasteiger partial charge on any atom is 0.251 e. The van der Waals surface area contributed by atoms with Gasteiger partial charge in [0.25, 0.3) is 5.91 Å². The van der Waals surface area contributed by atoms with Gasteiger partial charge in [-0.1, -0.05) is 27.2 Å². The Hall–Kier alpha value is -1.58. The van der Waals surface area contributed by atoms with Gasteiger partial charge in [-0.25, -0.2) is 4.98 Å². The first kappa shape index (κ1) is 16.5. The van der Waals surface area contributed by atoms with Gasteiger partial charge in [0.05, 0.1) is 0 Å². The molecule has 1 heterocycles. The summed E-state index contributed by atoms with van der Waals surface area (Å²) in [5.74, 6) is 1.37. The first-order chi connectivity index (χ1) is 9.56. The molecule has 4 heteroatoms. The summed E-state index contributed by atoms with van der Waals surface area (Å²) in [4.78, 5) is 16.7. The molecular weight excluding hydrogens is 250 g/mol. The molecule has 0 aliphatic rings. The Balaban J connectivity index is 2.77. The summed E-state index contributed by atoms with van der Waals surface area (Å²) in [6.45, 7) is 9.97. The molecule has 0 spiro atoms. The number of nitrogens with zero attached hydrogens (tertiary/aromatic N) is 1. The van der Waals surface area contributed by atoms with Gasteiger partial charge in [0, 0.05) is 24.3 Å². The van der Waals surface area contributed by atoms with Crippen LogP contribution in [0, 0.1) is 5.92 Å². The molecule has 0 bridgehead atoms. The Morgan fingerprint density at radius 2 is 2.05 bits per heavy atom. The van der Waals surface area contributed by atoms with Crippen LogP contribution in [0.4, 0.5) is 5.82 Å². The van der Waals surface area contributed by atoms with Crippen molar-refractivity contribution in [1.29, 1.82) is 0 Å². The van der Waals surface area contributed by atoms with E-state index < -0.39 is 0 Å². The van der Waals surface area contributed by atoms with E-state index in [2.05, 4.69) is 36.4 Å². The van der Waals surface area contributed by atoms with E-state index in [0.29, 0.717) is 11.5 Å². The normalized spacial score (nSPS) is 10.7. The lowest BCUT2D eigenvalue weighted by molar-refractivity contribution is 0.0952. The smallest absolute Gasteiger partial charge is 0.251 e. The van der Waals surface area contributed by atoms with Gasteiger partial charge in [-0.05, 0) is 37.8 Å². The maximum atomic E-state index is 12.2. The monoisotopic (exact) mass is 277 g/mol. The van der Waals surface area contributed by atoms with E-state index in [1.165, 1.54) is 0 Å². The highest BCUT2D eigenvalue weighted by atomic mass is 16.1. The molecule has 1 aromatic heterocycles. The van der Waals surface area contributed by atoms with Crippen molar-refractivity contribution < 1.29 is 4.79 Å². The van der Waals surface area contributed by atoms with Crippen molar-refractivity contribution in [2.75, 3.05) is 18.4 Å². The Labute approximate surface area is 122 Å². The average Bonchev–Trinajstić information content (AvgIpc) is 2.38. The van der Waals surface area contributed by atoms with Crippen LogP contribution in [0.2, 0.25) is 0 Å². The number of aryl methyl sites for hydroxylation is 1. The number of nitrogens with one attached hydrogen (secondary N) is 2. The standard InChI is InChI=1S/C16H27N3O/c1-5-7-14-10-13(11-15(19-14)17-6-2)16(20)18-9-8-12(3)4/h10-12H,5-9H2,1-4H3,(H,17,19)(H,18,20). The molecule has 1 rings (SSSR count). The lowest BCUT2D eigenvalue weighted by Crippen LogP contribution is -2.25. The van der Waals surface area contributed by atoms with Crippen LogP contribution in [0.1, 0.15) is 56.6 Å². The predicted octanol–water partition coefficient (Wildman–Crippen LogP) is 3.24. The van der Waals surface area contributed by atoms with Crippen LogP contribution in [-0.2, 0) is 6.42 Å². The molecule has 0 atom stereocenters. The van der Waals surface area contributed by atoms with E-state index in [0.717, 1.165) is 43.9 Å². The minimum atomic E-state index is -0.00967. The molecule has 20 heavy (non-hydrogen) atoms. The Morgan fingerprint density at radius 3 is 2.65 bits per heavy atom. The third-order valence-electron chi connectivity index (χ3n) is 3.01. The molecule has 0 aliphatic carbocycles. The van der Waals surface area contributed by atoms with E-state index in [4.69, 9.17) is 0 Å². The number of rotatable bonds is 8. The molecule has 112 valence electrons. The number of pyridine rings is 1. The van der Waals surface area contributed by atoms with Crippen LogP contribution in [0.3, 0.4) is 0 Å². The minimum Gasteiger partial charge on any atom is -0.370 e. The van der Waals surface area contributed by atoms with Crippen molar-refractivity contribution in [3.05, 3.63) is 23.4 Å². The van der Waals surface area contributed by atoms with Crippen LogP contribution >= 0.6 is 0 Å². The van der Waals surface area contributed by atoms with Crippen molar-refractivity contribution in [1.82, 2.24) is 10.3 Å². The summed E-state index contributed by atoms with van der Waals surface area (Å²) < 4.78 is 0. The number of hydrogen-bond acceptors (Lipinski definition) is 3. The van der Waals surface area contributed by atoms with Crippen LogP contribution in [0.25, 0.3) is 0 Å². The van der Waals surface area contributed by atoms with Crippen molar-refractivity contribution in [3.8, 4) is 0 Å². The molecule has 4 nitrogen and oxygen atoms in total. The second kappa shape index (κ2) is 8.56. The van der Waals surface area contributed by atoms with Gasteiger partial charge in [-0.15, -0.1) is 0 Å². The van der Waals surface area contributed by atoms with E-state index >= 15 is 0 Å². The summed E-state index contributed by atoms with van der Waals surface area (Å²) in [5.41, 5.74) is 1.67. The average molecular weight is 277 g/mol. The molecule has 0 fully saturated rings. The number of carbonyl (C=O) groups is 1. The van der Waals surface area contributed by atoms with Gasteiger partial charge in [-0.2, -0.15) is 0 Å². The third kappa shape index (κ3) is 5.59. The van der Waals surface area contributed by atoms with Crippen molar-refractivity contribution in [3.63, 3.8) is 0 Å². The van der Waals surface area contributed by atoms with Crippen LogP contribution in [0.5, 0.6) is 0 Å². The molecule has 0 aromatic carbocycles. The first-order valence-electron chi connectivity index (χ1n) is 7.59. The molecule has 1 aromatic rings. The van der Waals surface area contributed by atoms with Crippen LogP contribution < -0.4 is 10.6 Å². The summed E-state index contributed by atoms with van der Waals surface area (Å²) >= 11 is 0. The summed E-state index contributed by atoms with van der Waals surface area (Å²) in [7, 11) is 0. The van der Waals surface area contributed by atoms with E-state index in [1.807, 2.05) is 19.1 Å². The zero-order chi connectivity index (χ0) is 15.0. The van der Waals surface area contributed by atoms with E-state index in [1.54, 1.807) is 0 Å². The van der Waals surface area contributed by atoms with Gasteiger partial charge >= 0.3 is 0 Å². The van der Waals surface area contributed by atoms with Gasteiger partial charge in [0.15, 0.2) is 0 Å². The highest BCUT2D eigenvalue weighted by Crippen LogP contribution is 2.12. The lowest BCUT2D eigenvalue weighted by Gasteiger charge is -2.11. The topological polar surface area (TPSA) is 54.0 Å². The highest BCUT2D eigenvalue weighted by molar-refractivity contribution is 5.95. The summed E-state index contributed by atoms with van der Waals surface area (Å²) in [6.07, 6.45) is 2.92. The fourth-order valence-electron chi connectivity index (χ4n) is 1.95. The molecule has 1 amide bonds. The number of carbonyl (C=O) groups excluding carboxylic acids is 1. The molecule has 0 aliphatic heterocycles. The molecular formula is C16H27N3O. The fourth-order valence-corrected chi connectivity index (χ4v) is 1.95. The number of anilines is 1. The zero-order valence-electron chi connectivity index (χ0n) is 13.1. The number of aromatic nitrogens is 1. The van der Waals surface area contributed by atoms with Gasteiger partial charge in [0.2, 0.25) is 0 Å². The fraction of sp³-hybridized carbons (Fsp3) is 0.625. The number of hydrogen-bond donors (Lipinski definition) is 2. The first-order valence-corrected chi connectivity index (χ1v) is 7.59. The summed E-state index contributed by atoms with van der Waals surface area (Å²) in [6, 6.07) is 3.72. The Bertz CT molecular complexity index is 405. The van der Waals surface area contributed by atoms with Crippen molar-refractivity contribution >= 4 is 11.7 Å². The lowest BCUT2D eigenvalue weighted by atomic mass is 10.1. The second-order valence-electron chi connectivity index (χ2n) is 5.45. The third-order valence-corrected chi connectivity index (χ3v) is 3.01. The largest absolute Gasteiger partial charge is 0.370 e.